The SMILES string of the molecule is Cc1cc(C#N)cc(NCC(O)CC(C)C)n1. The zero-order chi connectivity index (χ0) is 12.8. The van der Waals surface area contributed by atoms with E-state index in [2.05, 4.69) is 30.2 Å². The van der Waals surface area contributed by atoms with Crippen LogP contribution < -0.4 is 5.32 Å². The minimum Gasteiger partial charge on any atom is -0.391 e. The van der Waals surface area contributed by atoms with Crippen LogP contribution in [0.2, 0.25) is 0 Å². The molecule has 4 heteroatoms. The number of nitrogens with one attached hydrogen (secondary N) is 1. The lowest BCUT2D eigenvalue weighted by molar-refractivity contribution is 0.161. The third kappa shape index (κ3) is 4.83. The van der Waals surface area contributed by atoms with Crippen LogP contribution >= 0.6 is 0 Å². The van der Waals surface area contributed by atoms with Crippen LogP contribution in [0.1, 0.15) is 31.5 Å². The molecular weight excluding hydrogens is 214 g/mol. The molecule has 0 aliphatic heterocycles. The van der Waals surface area contributed by atoms with Gasteiger partial charge in [-0.25, -0.2) is 4.98 Å². The van der Waals surface area contributed by atoms with Crippen LogP contribution in [-0.4, -0.2) is 22.7 Å². The zero-order valence-corrected chi connectivity index (χ0v) is 10.6. The Labute approximate surface area is 102 Å². The minimum atomic E-state index is -0.386. The molecule has 0 saturated heterocycles. The lowest BCUT2D eigenvalue weighted by Crippen LogP contribution is -2.21. The number of pyridine rings is 1. The molecule has 0 aromatic carbocycles. The molecule has 0 aliphatic carbocycles. The highest BCUT2D eigenvalue weighted by atomic mass is 16.3. The molecule has 0 fully saturated rings. The Kier molecular flexibility index (Phi) is 4.92. The Hall–Kier alpha value is -1.60. The largest absolute Gasteiger partial charge is 0.391 e. The number of aromatic nitrogens is 1. The average molecular weight is 233 g/mol. The number of aliphatic hydroxyl groups excluding tert-OH is 1. The van der Waals surface area contributed by atoms with Gasteiger partial charge in [-0.2, -0.15) is 5.26 Å². The molecule has 1 heterocycles. The molecule has 1 rings (SSSR count). The van der Waals surface area contributed by atoms with Crippen LogP contribution in [0.4, 0.5) is 5.82 Å². The number of hydrogen-bond acceptors (Lipinski definition) is 4. The third-order valence-electron chi connectivity index (χ3n) is 2.34. The fourth-order valence-corrected chi connectivity index (χ4v) is 1.67. The normalized spacial score (nSPS) is 12.2. The van der Waals surface area contributed by atoms with E-state index in [1.54, 1.807) is 12.1 Å². The molecule has 0 radical (unpaired) electrons. The van der Waals surface area contributed by atoms with Gasteiger partial charge in [-0.05, 0) is 31.4 Å². The lowest BCUT2D eigenvalue weighted by atomic mass is 10.1. The monoisotopic (exact) mass is 233 g/mol. The summed E-state index contributed by atoms with van der Waals surface area (Å²) < 4.78 is 0. The van der Waals surface area contributed by atoms with Crippen LogP contribution in [-0.2, 0) is 0 Å². The number of anilines is 1. The molecule has 1 atom stereocenters. The Balaban J connectivity index is 2.57. The second-order valence-electron chi connectivity index (χ2n) is 4.66. The number of hydrogen-bond donors (Lipinski definition) is 2. The zero-order valence-electron chi connectivity index (χ0n) is 10.6. The fourth-order valence-electron chi connectivity index (χ4n) is 1.67. The number of nitriles is 1. The first-order valence-corrected chi connectivity index (χ1v) is 5.82. The quantitative estimate of drug-likeness (QED) is 0.817. The molecule has 0 amide bonds. The first kappa shape index (κ1) is 13.5. The highest BCUT2D eigenvalue weighted by molar-refractivity contribution is 5.44. The molecule has 1 unspecified atom stereocenters. The highest BCUT2D eigenvalue weighted by Gasteiger charge is 2.07. The predicted molar refractivity (Wildman–Crippen MR) is 67.6 cm³/mol. The molecular formula is C13H19N3O. The summed E-state index contributed by atoms with van der Waals surface area (Å²) in [4.78, 5) is 4.26. The predicted octanol–water partition coefficient (Wildman–Crippen LogP) is 2.08. The van der Waals surface area contributed by atoms with Gasteiger partial charge in [0, 0.05) is 12.2 Å². The van der Waals surface area contributed by atoms with E-state index in [4.69, 9.17) is 5.26 Å². The van der Waals surface area contributed by atoms with Crippen molar-refractivity contribution in [2.45, 2.75) is 33.3 Å². The van der Waals surface area contributed by atoms with Crippen molar-refractivity contribution >= 4 is 5.82 Å². The van der Waals surface area contributed by atoms with Crippen molar-refractivity contribution in [2.75, 3.05) is 11.9 Å². The van der Waals surface area contributed by atoms with E-state index in [0.29, 0.717) is 23.8 Å². The van der Waals surface area contributed by atoms with Gasteiger partial charge in [-0.1, -0.05) is 13.8 Å². The van der Waals surface area contributed by atoms with E-state index in [9.17, 15) is 5.11 Å². The van der Waals surface area contributed by atoms with Gasteiger partial charge in [-0.3, -0.25) is 0 Å². The second-order valence-corrected chi connectivity index (χ2v) is 4.66. The van der Waals surface area contributed by atoms with Crippen molar-refractivity contribution in [1.29, 1.82) is 5.26 Å². The number of aryl methyl sites for hydroxylation is 1. The summed E-state index contributed by atoms with van der Waals surface area (Å²) >= 11 is 0. The van der Waals surface area contributed by atoms with Gasteiger partial charge >= 0.3 is 0 Å². The molecule has 2 N–H and O–H groups in total. The summed E-state index contributed by atoms with van der Waals surface area (Å²) in [6, 6.07) is 5.51. The van der Waals surface area contributed by atoms with Crippen LogP contribution in [0.15, 0.2) is 12.1 Å². The van der Waals surface area contributed by atoms with Crippen molar-refractivity contribution < 1.29 is 5.11 Å². The minimum absolute atomic E-state index is 0.386. The first-order chi connectivity index (χ1) is 8.01. The third-order valence-corrected chi connectivity index (χ3v) is 2.34. The number of nitrogens with zero attached hydrogens (tertiary/aromatic N) is 2. The standard InChI is InChI=1S/C13H19N3O/c1-9(2)4-12(17)8-15-13-6-11(7-14)5-10(3)16-13/h5-6,9,12,17H,4,8H2,1-3H3,(H,15,16). The molecule has 4 nitrogen and oxygen atoms in total. The van der Waals surface area contributed by atoms with Crippen molar-refractivity contribution in [2.24, 2.45) is 5.92 Å². The topological polar surface area (TPSA) is 68.9 Å². The molecule has 17 heavy (non-hydrogen) atoms. The lowest BCUT2D eigenvalue weighted by Gasteiger charge is -2.14. The second kappa shape index (κ2) is 6.21. The van der Waals surface area contributed by atoms with E-state index >= 15 is 0 Å². The van der Waals surface area contributed by atoms with Gasteiger partial charge in [0.1, 0.15) is 5.82 Å². The van der Waals surface area contributed by atoms with E-state index < -0.39 is 0 Å². The summed E-state index contributed by atoms with van der Waals surface area (Å²) in [5.41, 5.74) is 1.38. The summed E-state index contributed by atoms with van der Waals surface area (Å²) in [7, 11) is 0. The maximum absolute atomic E-state index is 9.72. The van der Waals surface area contributed by atoms with E-state index in [1.807, 2.05) is 6.92 Å². The van der Waals surface area contributed by atoms with Crippen LogP contribution in [0.25, 0.3) is 0 Å². The van der Waals surface area contributed by atoms with Crippen LogP contribution in [0.3, 0.4) is 0 Å². The van der Waals surface area contributed by atoms with Crippen molar-refractivity contribution in [3.63, 3.8) is 0 Å². The molecule has 0 bridgehead atoms. The maximum atomic E-state index is 9.72. The van der Waals surface area contributed by atoms with Gasteiger partial charge in [-0.15, -0.1) is 0 Å². The number of aliphatic hydroxyl groups is 1. The van der Waals surface area contributed by atoms with E-state index in [0.717, 1.165) is 12.1 Å². The van der Waals surface area contributed by atoms with Gasteiger partial charge in [0.05, 0.1) is 17.7 Å². The summed E-state index contributed by atoms with van der Waals surface area (Å²) in [6.45, 7) is 6.44. The molecule has 0 aliphatic rings. The van der Waals surface area contributed by atoms with Crippen LogP contribution in [0.5, 0.6) is 0 Å². The maximum Gasteiger partial charge on any atom is 0.127 e. The average Bonchev–Trinajstić information content (AvgIpc) is 2.24. The summed E-state index contributed by atoms with van der Waals surface area (Å²) in [5, 5.41) is 21.6. The van der Waals surface area contributed by atoms with Gasteiger partial charge < -0.3 is 10.4 Å². The molecule has 0 spiro atoms. The van der Waals surface area contributed by atoms with Gasteiger partial charge in [0.25, 0.3) is 0 Å². The Morgan fingerprint density at radius 3 is 2.76 bits per heavy atom. The van der Waals surface area contributed by atoms with Gasteiger partial charge in [0.2, 0.25) is 0 Å². The Morgan fingerprint density at radius 2 is 2.18 bits per heavy atom. The number of rotatable bonds is 5. The highest BCUT2D eigenvalue weighted by Crippen LogP contribution is 2.10. The van der Waals surface area contributed by atoms with Gasteiger partial charge in [0.15, 0.2) is 0 Å². The van der Waals surface area contributed by atoms with Crippen molar-refractivity contribution in [3.05, 3.63) is 23.4 Å². The molecule has 0 saturated carbocycles. The molecule has 1 aromatic rings. The van der Waals surface area contributed by atoms with E-state index in [-0.39, 0.29) is 6.10 Å². The molecule has 92 valence electrons. The molecule has 1 aromatic heterocycles. The first-order valence-electron chi connectivity index (χ1n) is 5.82. The van der Waals surface area contributed by atoms with Crippen LogP contribution in [0, 0.1) is 24.2 Å². The summed E-state index contributed by atoms with van der Waals surface area (Å²) in [6.07, 6.45) is 0.368. The van der Waals surface area contributed by atoms with Crippen molar-refractivity contribution in [1.82, 2.24) is 4.98 Å². The smallest absolute Gasteiger partial charge is 0.127 e. The fraction of sp³-hybridized carbons (Fsp3) is 0.538. The van der Waals surface area contributed by atoms with Crippen molar-refractivity contribution in [3.8, 4) is 6.07 Å². The summed E-state index contributed by atoms with van der Waals surface area (Å²) in [5.74, 6) is 1.11. The van der Waals surface area contributed by atoms with E-state index in [1.165, 1.54) is 0 Å². The Morgan fingerprint density at radius 1 is 1.47 bits per heavy atom. The Bertz CT molecular complexity index is 410.